The summed E-state index contributed by atoms with van der Waals surface area (Å²) in [4.78, 5) is 45.1. The van der Waals surface area contributed by atoms with Crippen molar-refractivity contribution in [2.45, 2.75) is 64.1 Å². The van der Waals surface area contributed by atoms with Crippen LogP contribution in [0.2, 0.25) is 0 Å². The number of hydrogen-bond acceptors (Lipinski definition) is 4. The molecule has 0 spiro atoms. The molecule has 1 aromatic rings. The number of piperazine rings is 1. The van der Waals surface area contributed by atoms with Crippen LogP contribution < -0.4 is 5.32 Å². The van der Waals surface area contributed by atoms with Crippen LogP contribution in [-0.4, -0.2) is 83.3 Å². The van der Waals surface area contributed by atoms with Gasteiger partial charge in [0.1, 0.15) is 6.04 Å². The van der Waals surface area contributed by atoms with Crippen LogP contribution in [0.3, 0.4) is 0 Å². The van der Waals surface area contributed by atoms with Crippen molar-refractivity contribution in [1.29, 1.82) is 0 Å². The zero-order valence-electron chi connectivity index (χ0n) is 19.3. The van der Waals surface area contributed by atoms with Crippen molar-refractivity contribution in [2.24, 2.45) is 5.92 Å². The van der Waals surface area contributed by atoms with E-state index in [0.717, 1.165) is 25.7 Å². The second-order valence-electron chi connectivity index (χ2n) is 9.77. The summed E-state index contributed by atoms with van der Waals surface area (Å²) in [5, 5.41) is 2.93. The van der Waals surface area contributed by atoms with E-state index in [-0.39, 0.29) is 35.8 Å². The minimum atomic E-state index is -0.369. The topological polar surface area (TPSA) is 73.0 Å². The number of fused-ring (bicyclic) bond motifs is 1. The molecular weight excluding hydrogens is 404 g/mol. The van der Waals surface area contributed by atoms with Gasteiger partial charge in [-0.05, 0) is 51.2 Å². The normalized spacial score (nSPS) is 26.2. The van der Waals surface area contributed by atoms with Gasteiger partial charge in [0, 0.05) is 43.8 Å². The summed E-state index contributed by atoms with van der Waals surface area (Å²) in [6.07, 6.45) is 5.18. The molecule has 3 aliphatic rings. The van der Waals surface area contributed by atoms with Gasteiger partial charge in [-0.25, -0.2) is 0 Å². The zero-order valence-corrected chi connectivity index (χ0v) is 19.3. The third-order valence-corrected chi connectivity index (χ3v) is 7.13. The fraction of sp³-hybridized carbons (Fsp3) is 0.640. The molecule has 7 heteroatoms. The third kappa shape index (κ3) is 4.98. The number of hydrogen-bond donors (Lipinski definition) is 1. The highest BCUT2D eigenvalue weighted by Crippen LogP contribution is 2.41. The highest BCUT2D eigenvalue weighted by atomic mass is 16.2. The van der Waals surface area contributed by atoms with Gasteiger partial charge in [0.15, 0.2) is 0 Å². The number of carbonyl (C=O) groups excluding carboxylic acids is 3. The molecule has 32 heavy (non-hydrogen) atoms. The fourth-order valence-electron chi connectivity index (χ4n) is 5.61. The predicted molar refractivity (Wildman–Crippen MR) is 123 cm³/mol. The van der Waals surface area contributed by atoms with E-state index in [2.05, 4.69) is 10.2 Å². The van der Waals surface area contributed by atoms with E-state index in [1.54, 1.807) is 0 Å². The van der Waals surface area contributed by atoms with Crippen molar-refractivity contribution >= 4 is 17.7 Å². The Labute approximate surface area is 191 Å². The summed E-state index contributed by atoms with van der Waals surface area (Å²) in [6, 6.07) is 9.30. The van der Waals surface area contributed by atoms with Gasteiger partial charge >= 0.3 is 0 Å². The number of nitrogens with zero attached hydrogens (tertiary/aromatic N) is 3. The van der Waals surface area contributed by atoms with Crippen LogP contribution in [0.4, 0.5) is 0 Å². The highest BCUT2D eigenvalue weighted by molar-refractivity contribution is 5.98. The standard InChI is InChI=1S/C25H36N4O3/c1-18(2)26-23(30)17-27-12-14-28(15-13-27)25(32)22-16-20-10-6-7-11-21(20)29(22)24(31)19-8-4-3-5-9-19/h3-5,8-9,18,20-22H,6-7,10-17H2,1-2H3,(H,26,30). The van der Waals surface area contributed by atoms with Crippen LogP contribution in [-0.2, 0) is 9.59 Å². The maximum Gasteiger partial charge on any atom is 0.254 e. The molecular formula is C25H36N4O3. The maximum atomic E-state index is 13.6. The highest BCUT2D eigenvalue weighted by Gasteiger charge is 2.48. The molecule has 3 amide bonds. The molecule has 7 nitrogen and oxygen atoms in total. The molecule has 174 valence electrons. The van der Waals surface area contributed by atoms with Gasteiger partial charge < -0.3 is 15.1 Å². The van der Waals surface area contributed by atoms with E-state index in [1.807, 2.05) is 54.0 Å². The van der Waals surface area contributed by atoms with Gasteiger partial charge in [0.05, 0.1) is 6.54 Å². The number of carbonyl (C=O) groups is 3. The molecule has 0 radical (unpaired) electrons. The monoisotopic (exact) mass is 440 g/mol. The van der Waals surface area contributed by atoms with E-state index in [9.17, 15) is 14.4 Å². The van der Waals surface area contributed by atoms with Crippen LogP contribution >= 0.6 is 0 Å². The summed E-state index contributed by atoms with van der Waals surface area (Å²) in [5.41, 5.74) is 0.664. The maximum absolute atomic E-state index is 13.6. The van der Waals surface area contributed by atoms with Gasteiger partial charge in [0.25, 0.3) is 5.91 Å². The van der Waals surface area contributed by atoms with E-state index in [0.29, 0.717) is 44.2 Å². The van der Waals surface area contributed by atoms with Gasteiger partial charge in [-0.15, -0.1) is 0 Å². The number of rotatable bonds is 5. The molecule has 1 saturated carbocycles. The largest absolute Gasteiger partial charge is 0.353 e. The smallest absolute Gasteiger partial charge is 0.254 e. The molecule has 0 bridgehead atoms. The molecule has 3 atom stereocenters. The first-order chi connectivity index (χ1) is 15.4. The Morgan fingerprint density at radius 2 is 1.69 bits per heavy atom. The predicted octanol–water partition coefficient (Wildman–Crippen LogP) is 2.13. The Hall–Kier alpha value is -2.41. The Kier molecular flexibility index (Phi) is 7.13. The van der Waals surface area contributed by atoms with Gasteiger partial charge in [-0.3, -0.25) is 19.3 Å². The second-order valence-corrected chi connectivity index (χ2v) is 9.77. The minimum Gasteiger partial charge on any atom is -0.353 e. The van der Waals surface area contributed by atoms with E-state index >= 15 is 0 Å². The Bertz CT molecular complexity index is 820. The van der Waals surface area contributed by atoms with Crippen LogP contribution in [0.25, 0.3) is 0 Å². The third-order valence-electron chi connectivity index (χ3n) is 7.13. The van der Waals surface area contributed by atoms with Gasteiger partial charge in [-0.2, -0.15) is 0 Å². The molecule has 1 aromatic carbocycles. The fourth-order valence-corrected chi connectivity index (χ4v) is 5.61. The van der Waals surface area contributed by atoms with Crippen molar-refractivity contribution in [1.82, 2.24) is 20.0 Å². The second kappa shape index (κ2) is 10.0. The molecule has 3 fully saturated rings. The van der Waals surface area contributed by atoms with Crippen molar-refractivity contribution in [3.8, 4) is 0 Å². The average Bonchev–Trinajstić information content (AvgIpc) is 3.18. The van der Waals surface area contributed by atoms with Crippen molar-refractivity contribution in [3.05, 3.63) is 35.9 Å². The molecule has 1 N–H and O–H groups in total. The van der Waals surface area contributed by atoms with Crippen molar-refractivity contribution in [2.75, 3.05) is 32.7 Å². The quantitative estimate of drug-likeness (QED) is 0.761. The Morgan fingerprint density at radius 3 is 2.38 bits per heavy atom. The summed E-state index contributed by atoms with van der Waals surface area (Å²) < 4.78 is 0. The summed E-state index contributed by atoms with van der Waals surface area (Å²) in [7, 11) is 0. The first-order valence-electron chi connectivity index (χ1n) is 12.1. The van der Waals surface area contributed by atoms with Crippen molar-refractivity contribution < 1.29 is 14.4 Å². The number of likely N-dealkylation sites (tertiary alicyclic amines) is 1. The van der Waals surface area contributed by atoms with Crippen LogP contribution in [0.5, 0.6) is 0 Å². The Morgan fingerprint density at radius 1 is 1.00 bits per heavy atom. The lowest BCUT2D eigenvalue weighted by Gasteiger charge is -2.38. The van der Waals surface area contributed by atoms with Crippen LogP contribution in [0, 0.1) is 5.92 Å². The van der Waals surface area contributed by atoms with Crippen molar-refractivity contribution in [3.63, 3.8) is 0 Å². The van der Waals surface area contributed by atoms with Crippen LogP contribution in [0.15, 0.2) is 30.3 Å². The van der Waals surface area contributed by atoms with E-state index < -0.39 is 0 Å². The Balaban J connectivity index is 1.42. The van der Waals surface area contributed by atoms with E-state index in [1.165, 1.54) is 6.42 Å². The van der Waals surface area contributed by atoms with Gasteiger partial charge in [-0.1, -0.05) is 31.0 Å². The molecule has 2 saturated heterocycles. The SMILES string of the molecule is CC(C)NC(=O)CN1CCN(C(=O)C2CC3CCCCC3N2C(=O)c2ccccc2)CC1. The summed E-state index contributed by atoms with van der Waals surface area (Å²) in [5.74, 6) is 0.517. The van der Waals surface area contributed by atoms with Crippen LogP contribution in [0.1, 0.15) is 56.3 Å². The molecule has 2 aliphatic heterocycles. The lowest BCUT2D eigenvalue weighted by Crippen LogP contribution is -2.56. The van der Waals surface area contributed by atoms with E-state index in [4.69, 9.17) is 0 Å². The minimum absolute atomic E-state index is 0.0117. The molecule has 3 unspecified atom stereocenters. The molecule has 4 rings (SSSR count). The first-order valence-corrected chi connectivity index (χ1v) is 12.1. The summed E-state index contributed by atoms with van der Waals surface area (Å²) in [6.45, 7) is 6.85. The molecule has 1 aliphatic carbocycles. The van der Waals surface area contributed by atoms with Gasteiger partial charge in [0.2, 0.25) is 11.8 Å². The molecule has 2 heterocycles. The number of amides is 3. The first kappa shape index (κ1) is 22.8. The zero-order chi connectivity index (χ0) is 22.7. The number of nitrogens with one attached hydrogen (secondary N) is 1. The lowest BCUT2D eigenvalue weighted by atomic mass is 9.84. The summed E-state index contributed by atoms with van der Waals surface area (Å²) >= 11 is 0. The molecule has 0 aromatic heterocycles. The number of benzene rings is 1. The average molecular weight is 441 g/mol. The lowest BCUT2D eigenvalue weighted by molar-refractivity contribution is -0.137.